The Morgan fingerprint density at radius 1 is 1.03 bits per heavy atom. The summed E-state index contributed by atoms with van der Waals surface area (Å²) < 4.78 is 0. The lowest BCUT2D eigenvalue weighted by atomic mass is 9.91. The number of non-ortho nitro benzene ring substituents is 1. The summed E-state index contributed by atoms with van der Waals surface area (Å²) in [6.07, 6.45) is 0.340. The number of amides is 1. The summed E-state index contributed by atoms with van der Waals surface area (Å²) >= 11 is 0. The van der Waals surface area contributed by atoms with Crippen LogP contribution in [0.1, 0.15) is 30.5 Å². The molecule has 1 aromatic heterocycles. The van der Waals surface area contributed by atoms with Gasteiger partial charge in [0.1, 0.15) is 0 Å². The number of pyridine rings is 1. The third kappa shape index (κ3) is 3.65. The van der Waals surface area contributed by atoms with Crippen molar-refractivity contribution in [1.82, 2.24) is 9.99 Å². The molecule has 1 atom stereocenters. The van der Waals surface area contributed by atoms with E-state index in [2.05, 4.69) is 10.1 Å². The Labute approximate surface area is 194 Å². The molecule has 5 rings (SSSR count). The van der Waals surface area contributed by atoms with Crippen molar-refractivity contribution in [1.29, 1.82) is 0 Å². The van der Waals surface area contributed by atoms with Crippen molar-refractivity contribution in [3.63, 3.8) is 0 Å². The van der Waals surface area contributed by atoms with Crippen LogP contribution < -0.4 is 5.56 Å². The quantitative estimate of drug-likeness (QED) is 0.354. The Balaban J connectivity index is 1.77. The molecule has 0 radical (unpaired) electrons. The monoisotopic (exact) mass is 452 g/mol. The fraction of sp³-hybridized carbons (Fsp3) is 0.115. The molecular formula is C26H20N4O4. The Bertz CT molecular complexity index is 1510. The number of fused-ring (bicyclic) bond motifs is 1. The first-order chi connectivity index (χ1) is 16.4. The molecule has 34 heavy (non-hydrogen) atoms. The number of hydrazone groups is 1. The van der Waals surface area contributed by atoms with Gasteiger partial charge in [-0.2, -0.15) is 5.10 Å². The molecular weight excluding hydrogens is 432 g/mol. The van der Waals surface area contributed by atoms with E-state index in [1.807, 2.05) is 60.7 Å². The van der Waals surface area contributed by atoms with E-state index in [1.165, 1.54) is 30.1 Å². The van der Waals surface area contributed by atoms with Crippen molar-refractivity contribution in [2.24, 2.45) is 5.10 Å². The molecule has 0 unspecified atom stereocenters. The number of aromatic nitrogens is 1. The van der Waals surface area contributed by atoms with Gasteiger partial charge in [-0.1, -0.05) is 60.7 Å². The summed E-state index contributed by atoms with van der Waals surface area (Å²) in [6, 6.07) is 22.8. The SMILES string of the molecule is CC(=O)N1N=C(c2c(-c3ccccc3)c3cc([N+](=O)[O-])ccc3[nH]c2=O)C[C@H]1c1ccccc1. The van der Waals surface area contributed by atoms with Crippen LogP contribution in [0.5, 0.6) is 0 Å². The molecule has 1 aliphatic rings. The third-order valence-corrected chi connectivity index (χ3v) is 5.98. The van der Waals surface area contributed by atoms with Crippen molar-refractivity contribution in [2.75, 3.05) is 0 Å². The number of benzene rings is 3. The number of hydrogen-bond acceptors (Lipinski definition) is 5. The average molecular weight is 452 g/mol. The summed E-state index contributed by atoms with van der Waals surface area (Å²) in [6.45, 7) is 1.44. The van der Waals surface area contributed by atoms with E-state index >= 15 is 0 Å². The van der Waals surface area contributed by atoms with Crippen LogP contribution in [-0.2, 0) is 4.79 Å². The highest BCUT2D eigenvalue weighted by atomic mass is 16.6. The lowest BCUT2D eigenvalue weighted by molar-refractivity contribution is -0.384. The summed E-state index contributed by atoms with van der Waals surface area (Å²) in [5.41, 5.74) is 3.00. The number of hydrogen-bond donors (Lipinski definition) is 1. The normalized spacial score (nSPS) is 15.4. The molecule has 0 aliphatic carbocycles. The second kappa shape index (κ2) is 8.40. The zero-order valence-electron chi connectivity index (χ0n) is 18.3. The zero-order valence-corrected chi connectivity index (χ0v) is 18.3. The van der Waals surface area contributed by atoms with Gasteiger partial charge >= 0.3 is 0 Å². The number of nitrogens with one attached hydrogen (secondary N) is 1. The maximum absolute atomic E-state index is 13.4. The highest BCUT2D eigenvalue weighted by Crippen LogP contribution is 2.37. The van der Waals surface area contributed by atoms with Crippen molar-refractivity contribution in [2.45, 2.75) is 19.4 Å². The maximum Gasteiger partial charge on any atom is 0.270 e. The molecule has 0 saturated carbocycles. The van der Waals surface area contributed by atoms with Crippen molar-refractivity contribution in [3.05, 3.63) is 110 Å². The van der Waals surface area contributed by atoms with Gasteiger partial charge in [0, 0.05) is 41.9 Å². The summed E-state index contributed by atoms with van der Waals surface area (Å²) in [4.78, 5) is 39.7. The number of rotatable bonds is 4. The minimum Gasteiger partial charge on any atom is -0.321 e. The molecule has 1 amide bonds. The number of nitro benzene ring substituents is 1. The maximum atomic E-state index is 13.4. The smallest absolute Gasteiger partial charge is 0.270 e. The van der Waals surface area contributed by atoms with Gasteiger partial charge in [-0.15, -0.1) is 0 Å². The van der Waals surface area contributed by atoms with Gasteiger partial charge in [-0.25, -0.2) is 5.01 Å². The minimum atomic E-state index is -0.463. The van der Waals surface area contributed by atoms with Crippen LogP contribution in [0.2, 0.25) is 0 Å². The second-order valence-corrected chi connectivity index (χ2v) is 8.10. The van der Waals surface area contributed by atoms with E-state index in [1.54, 1.807) is 0 Å². The molecule has 0 bridgehead atoms. The molecule has 8 heteroatoms. The molecule has 3 aromatic carbocycles. The fourth-order valence-electron chi connectivity index (χ4n) is 4.46. The third-order valence-electron chi connectivity index (χ3n) is 5.98. The van der Waals surface area contributed by atoms with Gasteiger partial charge in [0.05, 0.1) is 22.2 Å². The zero-order chi connectivity index (χ0) is 23.8. The first-order valence-corrected chi connectivity index (χ1v) is 10.8. The first kappa shape index (κ1) is 21.3. The van der Waals surface area contributed by atoms with E-state index in [0.717, 1.165) is 11.1 Å². The van der Waals surface area contributed by atoms with Gasteiger partial charge in [0.25, 0.3) is 11.2 Å². The Kier molecular flexibility index (Phi) is 5.25. The number of H-pyrrole nitrogens is 1. The number of carbonyl (C=O) groups is 1. The number of nitrogens with zero attached hydrogens (tertiary/aromatic N) is 3. The van der Waals surface area contributed by atoms with Crippen LogP contribution in [0.25, 0.3) is 22.0 Å². The molecule has 0 saturated heterocycles. The minimum absolute atomic E-state index is 0.0800. The van der Waals surface area contributed by atoms with Gasteiger partial charge in [0.15, 0.2) is 0 Å². The highest BCUT2D eigenvalue weighted by molar-refractivity contribution is 6.13. The number of aromatic amines is 1. The van der Waals surface area contributed by atoms with Gasteiger partial charge in [-0.3, -0.25) is 19.7 Å². The number of carbonyl (C=O) groups excluding carboxylic acids is 1. The van der Waals surface area contributed by atoms with Crippen LogP contribution in [0.4, 0.5) is 5.69 Å². The van der Waals surface area contributed by atoms with Crippen LogP contribution >= 0.6 is 0 Å². The molecule has 1 N–H and O–H groups in total. The summed E-state index contributed by atoms with van der Waals surface area (Å²) in [5, 5.41) is 18.0. The summed E-state index contributed by atoms with van der Waals surface area (Å²) in [5.74, 6) is -0.238. The van der Waals surface area contributed by atoms with E-state index in [-0.39, 0.29) is 23.2 Å². The molecule has 2 heterocycles. The molecule has 4 aromatic rings. The summed E-state index contributed by atoms with van der Waals surface area (Å²) in [7, 11) is 0. The average Bonchev–Trinajstić information content (AvgIpc) is 3.29. The topological polar surface area (TPSA) is 109 Å². The van der Waals surface area contributed by atoms with Crippen LogP contribution in [-0.4, -0.2) is 26.5 Å². The second-order valence-electron chi connectivity index (χ2n) is 8.10. The van der Waals surface area contributed by atoms with Gasteiger partial charge in [-0.05, 0) is 17.2 Å². The largest absolute Gasteiger partial charge is 0.321 e. The standard InChI is InChI=1S/C26H20N4O4/c1-16(31)29-23(17-8-4-2-5-9-17)15-22(28-29)25-24(18-10-6-3-7-11-18)20-14-19(30(33)34)12-13-21(20)27-26(25)32/h2-14,23H,15H2,1H3,(H,27,32)/t23-/m0/s1. The predicted molar refractivity (Wildman–Crippen MR) is 130 cm³/mol. The first-order valence-electron chi connectivity index (χ1n) is 10.8. The van der Waals surface area contributed by atoms with Crippen LogP contribution in [0.15, 0.2) is 88.8 Å². The predicted octanol–water partition coefficient (Wildman–Crippen LogP) is 4.80. The van der Waals surface area contributed by atoms with Crippen molar-refractivity contribution < 1.29 is 9.72 Å². The van der Waals surface area contributed by atoms with E-state index in [9.17, 15) is 19.7 Å². The van der Waals surface area contributed by atoms with Gasteiger partial charge < -0.3 is 4.98 Å². The van der Waals surface area contributed by atoms with Gasteiger partial charge in [0.2, 0.25) is 5.91 Å². The Hall–Kier alpha value is -4.59. The van der Waals surface area contributed by atoms with Crippen LogP contribution in [0.3, 0.4) is 0 Å². The molecule has 0 fully saturated rings. The lowest BCUT2D eigenvalue weighted by Crippen LogP contribution is -2.24. The van der Waals surface area contributed by atoms with E-state index in [4.69, 9.17) is 0 Å². The molecule has 8 nitrogen and oxygen atoms in total. The van der Waals surface area contributed by atoms with E-state index in [0.29, 0.717) is 34.2 Å². The van der Waals surface area contributed by atoms with Crippen molar-refractivity contribution in [3.8, 4) is 11.1 Å². The molecule has 168 valence electrons. The fourth-order valence-corrected chi connectivity index (χ4v) is 4.46. The Morgan fingerprint density at radius 2 is 1.71 bits per heavy atom. The highest BCUT2D eigenvalue weighted by Gasteiger charge is 2.34. The number of nitro groups is 1. The Morgan fingerprint density at radius 3 is 2.35 bits per heavy atom. The lowest BCUT2D eigenvalue weighted by Gasteiger charge is -2.20. The molecule has 1 aliphatic heterocycles. The van der Waals surface area contributed by atoms with Crippen molar-refractivity contribution >= 4 is 28.2 Å². The molecule has 0 spiro atoms. The van der Waals surface area contributed by atoms with E-state index < -0.39 is 4.92 Å². The van der Waals surface area contributed by atoms with Crippen LogP contribution in [0, 0.1) is 10.1 Å².